The van der Waals surface area contributed by atoms with Crippen molar-refractivity contribution in [2.45, 2.75) is 6.92 Å². The standard InChI is InChI=1S/C16H22N4O3/c1-12(21)13-3-5-14(6-4-13)20-9-7-19(8-10-20)11-15(22)18-16(23)17-2/h3-6H,7-11H2,1-2H3,(H2,17,18,22,23)/p+1. The Bertz CT molecular complexity index is 577. The van der Waals surface area contributed by atoms with Crippen molar-refractivity contribution in [2.24, 2.45) is 0 Å². The number of urea groups is 1. The van der Waals surface area contributed by atoms with Crippen LogP contribution in [0.5, 0.6) is 0 Å². The molecule has 0 aliphatic carbocycles. The topological polar surface area (TPSA) is 82.9 Å². The highest BCUT2D eigenvalue weighted by molar-refractivity contribution is 5.95. The van der Waals surface area contributed by atoms with Crippen LogP contribution in [0.4, 0.5) is 10.5 Å². The maximum atomic E-state index is 11.7. The van der Waals surface area contributed by atoms with Gasteiger partial charge in [-0.25, -0.2) is 4.79 Å². The lowest BCUT2D eigenvalue weighted by molar-refractivity contribution is -0.892. The molecule has 0 spiro atoms. The average molecular weight is 319 g/mol. The van der Waals surface area contributed by atoms with E-state index in [2.05, 4.69) is 15.5 Å². The number of benzene rings is 1. The van der Waals surface area contributed by atoms with E-state index in [1.54, 1.807) is 6.92 Å². The summed E-state index contributed by atoms with van der Waals surface area (Å²) in [7, 11) is 1.48. The van der Waals surface area contributed by atoms with Gasteiger partial charge < -0.3 is 15.1 Å². The van der Waals surface area contributed by atoms with Gasteiger partial charge in [-0.2, -0.15) is 0 Å². The van der Waals surface area contributed by atoms with Crippen molar-refractivity contribution in [2.75, 3.05) is 44.7 Å². The summed E-state index contributed by atoms with van der Waals surface area (Å²) >= 11 is 0. The van der Waals surface area contributed by atoms with E-state index in [0.717, 1.165) is 36.8 Å². The number of carbonyl (C=O) groups excluding carboxylic acids is 3. The van der Waals surface area contributed by atoms with Gasteiger partial charge in [-0.3, -0.25) is 14.9 Å². The first-order chi connectivity index (χ1) is 11.0. The Morgan fingerprint density at radius 3 is 2.26 bits per heavy atom. The minimum atomic E-state index is -0.474. The van der Waals surface area contributed by atoms with E-state index in [1.807, 2.05) is 24.3 Å². The van der Waals surface area contributed by atoms with Crippen LogP contribution in [0.2, 0.25) is 0 Å². The first-order valence-electron chi connectivity index (χ1n) is 7.70. The molecule has 2 rings (SSSR count). The highest BCUT2D eigenvalue weighted by Gasteiger charge is 2.23. The van der Waals surface area contributed by atoms with Crippen molar-refractivity contribution in [3.05, 3.63) is 29.8 Å². The third kappa shape index (κ3) is 4.79. The first-order valence-corrected chi connectivity index (χ1v) is 7.70. The van der Waals surface area contributed by atoms with Gasteiger partial charge >= 0.3 is 6.03 Å². The van der Waals surface area contributed by atoms with Gasteiger partial charge in [0.1, 0.15) is 0 Å². The Labute approximate surface area is 135 Å². The fourth-order valence-corrected chi connectivity index (χ4v) is 2.63. The number of anilines is 1. The van der Waals surface area contributed by atoms with Crippen LogP contribution in [0.3, 0.4) is 0 Å². The molecular weight excluding hydrogens is 296 g/mol. The van der Waals surface area contributed by atoms with Crippen molar-refractivity contribution in [3.8, 4) is 0 Å². The number of carbonyl (C=O) groups is 3. The molecule has 1 aliphatic heterocycles. The third-order valence-corrected chi connectivity index (χ3v) is 4.00. The molecule has 7 nitrogen and oxygen atoms in total. The van der Waals surface area contributed by atoms with Gasteiger partial charge in [0, 0.05) is 18.3 Å². The zero-order valence-corrected chi connectivity index (χ0v) is 13.5. The van der Waals surface area contributed by atoms with Crippen LogP contribution >= 0.6 is 0 Å². The number of imide groups is 1. The largest absolute Gasteiger partial charge is 0.360 e. The van der Waals surface area contributed by atoms with Gasteiger partial charge in [-0.15, -0.1) is 0 Å². The van der Waals surface area contributed by atoms with Gasteiger partial charge in [0.2, 0.25) is 0 Å². The van der Waals surface area contributed by atoms with E-state index in [-0.39, 0.29) is 11.7 Å². The monoisotopic (exact) mass is 319 g/mol. The summed E-state index contributed by atoms with van der Waals surface area (Å²) in [6.07, 6.45) is 0. The lowest BCUT2D eigenvalue weighted by Gasteiger charge is -2.33. The van der Waals surface area contributed by atoms with Crippen molar-refractivity contribution in [1.29, 1.82) is 0 Å². The molecule has 3 amide bonds. The molecule has 3 N–H and O–H groups in total. The SMILES string of the molecule is CNC(=O)NC(=O)C[NH+]1CCN(c2ccc(C(C)=O)cc2)CC1. The quantitative estimate of drug-likeness (QED) is 0.625. The molecular formula is C16H23N4O3+. The van der Waals surface area contributed by atoms with Gasteiger partial charge in [0.15, 0.2) is 12.3 Å². The molecule has 0 radical (unpaired) electrons. The number of quaternary nitrogens is 1. The van der Waals surface area contributed by atoms with Gasteiger partial charge in [-0.1, -0.05) is 0 Å². The van der Waals surface area contributed by atoms with E-state index < -0.39 is 6.03 Å². The smallest absolute Gasteiger partial charge is 0.321 e. The number of nitrogens with zero attached hydrogens (tertiary/aromatic N) is 1. The maximum absolute atomic E-state index is 11.7. The second-order valence-electron chi connectivity index (χ2n) is 5.64. The molecule has 0 atom stereocenters. The van der Waals surface area contributed by atoms with Crippen LogP contribution < -0.4 is 20.4 Å². The molecule has 1 saturated heterocycles. The van der Waals surface area contributed by atoms with Crippen molar-refractivity contribution in [1.82, 2.24) is 10.6 Å². The van der Waals surface area contributed by atoms with E-state index in [0.29, 0.717) is 12.1 Å². The summed E-state index contributed by atoms with van der Waals surface area (Å²) in [5.41, 5.74) is 1.80. The number of piperazine rings is 1. The fraction of sp³-hybridized carbons (Fsp3) is 0.438. The Hall–Kier alpha value is -2.41. The molecule has 0 bridgehead atoms. The summed E-state index contributed by atoms with van der Waals surface area (Å²) in [6.45, 7) is 5.18. The highest BCUT2D eigenvalue weighted by atomic mass is 16.2. The summed E-state index contributed by atoms with van der Waals surface area (Å²) in [5, 5.41) is 4.64. The maximum Gasteiger partial charge on any atom is 0.321 e. The normalized spacial score (nSPS) is 15.1. The van der Waals surface area contributed by atoms with E-state index in [1.165, 1.54) is 7.05 Å². The zero-order valence-electron chi connectivity index (χ0n) is 13.5. The van der Waals surface area contributed by atoms with E-state index >= 15 is 0 Å². The average Bonchev–Trinajstić information content (AvgIpc) is 2.55. The highest BCUT2D eigenvalue weighted by Crippen LogP contribution is 2.15. The fourth-order valence-electron chi connectivity index (χ4n) is 2.63. The molecule has 1 aliphatic rings. The van der Waals surface area contributed by atoms with Gasteiger partial charge in [0.05, 0.1) is 26.2 Å². The van der Waals surface area contributed by atoms with Gasteiger partial charge in [-0.05, 0) is 31.2 Å². The zero-order chi connectivity index (χ0) is 16.8. The third-order valence-electron chi connectivity index (χ3n) is 4.00. The number of nitrogens with one attached hydrogen (secondary N) is 3. The first kappa shape index (κ1) is 17.0. The molecule has 124 valence electrons. The lowest BCUT2D eigenvalue weighted by atomic mass is 10.1. The number of hydrogen-bond donors (Lipinski definition) is 3. The lowest BCUT2D eigenvalue weighted by Crippen LogP contribution is -3.16. The Kier molecular flexibility index (Phi) is 5.70. The predicted molar refractivity (Wildman–Crippen MR) is 86.8 cm³/mol. The number of rotatable bonds is 4. The summed E-state index contributed by atoms with van der Waals surface area (Å²) in [4.78, 5) is 37.5. The molecule has 0 saturated carbocycles. The number of ketones is 1. The number of amides is 3. The van der Waals surface area contributed by atoms with Crippen LogP contribution in [0.1, 0.15) is 17.3 Å². The Balaban J connectivity index is 1.82. The van der Waals surface area contributed by atoms with Crippen LogP contribution in [0.15, 0.2) is 24.3 Å². The van der Waals surface area contributed by atoms with Crippen LogP contribution in [-0.2, 0) is 4.79 Å². The molecule has 0 unspecified atom stereocenters. The minimum Gasteiger partial charge on any atom is -0.360 e. The molecule has 1 aromatic carbocycles. The number of Topliss-reactive ketones (excluding diaryl/α,β-unsaturated/α-hetero) is 1. The van der Waals surface area contributed by atoms with E-state index in [9.17, 15) is 14.4 Å². The molecule has 23 heavy (non-hydrogen) atoms. The van der Waals surface area contributed by atoms with Gasteiger partial charge in [0.25, 0.3) is 5.91 Å². The summed E-state index contributed by atoms with van der Waals surface area (Å²) in [6, 6.07) is 7.13. The second kappa shape index (κ2) is 7.73. The van der Waals surface area contributed by atoms with Crippen molar-refractivity contribution >= 4 is 23.4 Å². The predicted octanol–water partition coefficient (Wildman–Crippen LogP) is -0.950. The van der Waals surface area contributed by atoms with E-state index in [4.69, 9.17) is 0 Å². The molecule has 1 fully saturated rings. The Morgan fingerprint density at radius 1 is 1.13 bits per heavy atom. The van der Waals surface area contributed by atoms with Crippen LogP contribution in [0.25, 0.3) is 0 Å². The molecule has 1 heterocycles. The molecule has 7 heteroatoms. The second-order valence-corrected chi connectivity index (χ2v) is 5.64. The van der Waals surface area contributed by atoms with Crippen molar-refractivity contribution < 1.29 is 19.3 Å². The number of hydrogen-bond acceptors (Lipinski definition) is 4. The molecule has 0 aromatic heterocycles. The van der Waals surface area contributed by atoms with Crippen LogP contribution in [0, 0.1) is 0 Å². The summed E-state index contributed by atoms with van der Waals surface area (Å²) < 4.78 is 0. The van der Waals surface area contributed by atoms with Crippen LogP contribution in [-0.4, -0.2) is 57.5 Å². The molecule has 1 aromatic rings. The summed E-state index contributed by atoms with van der Waals surface area (Å²) in [5.74, 6) is -0.202. The minimum absolute atomic E-state index is 0.0629. The van der Waals surface area contributed by atoms with Crippen molar-refractivity contribution in [3.63, 3.8) is 0 Å². The Morgan fingerprint density at radius 2 is 1.74 bits per heavy atom.